The summed E-state index contributed by atoms with van der Waals surface area (Å²) in [7, 11) is 0.749. The van der Waals surface area contributed by atoms with Crippen molar-refractivity contribution in [2.75, 3.05) is 7.11 Å². The van der Waals surface area contributed by atoms with Crippen LogP contribution < -0.4 is 25.1 Å². The number of methoxy groups -OCH3 is 1. The zero-order chi connectivity index (χ0) is 33.6. The highest BCUT2D eigenvalue weighted by Gasteiger charge is 2.52. The van der Waals surface area contributed by atoms with Gasteiger partial charge in [-0.2, -0.15) is 0 Å². The third-order valence-electron chi connectivity index (χ3n) is 9.91. The van der Waals surface area contributed by atoms with E-state index in [1.54, 1.807) is 7.11 Å². The Labute approximate surface area is 279 Å². The first-order valence-corrected chi connectivity index (χ1v) is 16.2. The van der Waals surface area contributed by atoms with E-state index in [0.717, 1.165) is 33.4 Å². The van der Waals surface area contributed by atoms with Gasteiger partial charge in [-0.3, -0.25) is 0 Å². The van der Waals surface area contributed by atoms with Crippen LogP contribution in [0.2, 0.25) is 0 Å². The summed E-state index contributed by atoms with van der Waals surface area (Å²) < 4.78 is 44.0. The molecular formula is C38H44B2O7. The van der Waals surface area contributed by atoms with Crippen molar-refractivity contribution in [3.05, 3.63) is 103 Å². The third kappa shape index (κ3) is 6.55. The van der Waals surface area contributed by atoms with Gasteiger partial charge in [-0.1, -0.05) is 66.7 Å². The molecule has 47 heavy (non-hydrogen) atoms. The van der Waals surface area contributed by atoms with Gasteiger partial charge >= 0.3 is 14.2 Å². The van der Waals surface area contributed by atoms with Gasteiger partial charge in [0.05, 0.1) is 29.5 Å². The molecule has 2 aliphatic rings. The summed E-state index contributed by atoms with van der Waals surface area (Å²) in [6, 6.07) is 31.6. The topological polar surface area (TPSA) is 64.6 Å². The number of hydrogen-bond acceptors (Lipinski definition) is 7. The summed E-state index contributed by atoms with van der Waals surface area (Å²) in [5, 5.41) is 0. The van der Waals surface area contributed by atoms with Gasteiger partial charge in [-0.15, -0.1) is 0 Å². The van der Waals surface area contributed by atoms with Crippen molar-refractivity contribution in [1.82, 2.24) is 0 Å². The van der Waals surface area contributed by atoms with Crippen LogP contribution in [0.4, 0.5) is 0 Å². The minimum Gasteiger partial charge on any atom is -0.496 e. The highest BCUT2D eigenvalue weighted by atomic mass is 16.7. The molecule has 4 aromatic carbocycles. The van der Waals surface area contributed by atoms with E-state index in [-0.39, 0.29) is 0 Å². The summed E-state index contributed by atoms with van der Waals surface area (Å²) in [6.07, 6.45) is -0.790. The largest absolute Gasteiger partial charge is 0.496 e. The number of benzene rings is 4. The molecule has 2 heterocycles. The first-order chi connectivity index (χ1) is 22.2. The zero-order valence-electron chi connectivity index (χ0n) is 28.8. The molecule has 0 aromatic heterocycles. The molecule has 2 aliphatic heterocycles. The quantitative estimate of drug-likeness (QED) is 0.144. The standard InChI is InChI=1S/C38H44B2O7/c1-35(2)36(3,4)45-39(44-35)26-18-22-28(23-19-26)42-34(32-16-11-10-14-30(32)31-15-12-13-17-33(31)41-9)43-29-24-20-27(21-25-29)40-46-37(5,6)38(7,8)47-40/h10-25,34H,1-9H3. The Balaban J connectivity index is 1.30. The van der Waals surface area contributed by atoms with Gasteiger partial charge in [0, 0.05) is 11.1 Å². The summed E-state index contributed by atoms with van der Waals surface area (Å²) in [5.74, 6) is 2.04. The van der Waals surface area contributed by atoms with Crippen LogP contribution in [0.1, 0.15) is 67.2 Å². The Kier molecular flexibility index (Phi) is 8.72. The Morgan fingerprint density at radius 3 is 1.30 bits per heavy atom. The van der Waals surface area contributed by atoms with Crippen LogP contribution in [-0.4, -0.2) is 43.8 Å². The molecule has 2 saturated heterocycles. The second-order valence-electron chi connectivity index (χ2n) is 14.2. The monoisotopic (exact) mass is 634 g/mol. The lowest BCUT2D eigenvalue weighted by molar-refractivity contribution is 0.00430. The molecule has 4 aromatic rings. The van der Waals surface area contributed by atoms with E-state index in [9.17, 15) is 0 Å². The van der Waals surface area contributed by atoms with E-state index in [4.69, 9.17) is 32.8 Å². The van der Waals surface area contributed by atoms with Crippen LogP contribution in [0.3, 0.4) is 0 Å². The fourth-order valence-corrected chi connectivity index (χ4v) is 5.58. The van der Waals surface area contributed by atoms with Gasteiger partial charge in [0.2, 0.25) is 0 Å². The summed E-state index contributed by atoms with van der Waals surface area (Å²) in [4.78, 5) is 0. The van der Waals surface area contributed by atoms with Gasteiger partial charge in [0.25, 0.3) is 6.29 Å². The van der Waals surface area contributed by atoms with Gasteiger partial charge in [-0.05, 0) is 102 Å². The number of hydrogen-bond donors (Lipinski definition) is 0. The molecule has 0 N–H and O–H groups in total. The van der Waals surface area contributed by atoms with Gasteiger partial charge < -0.3 is 32.8 Å². The Hall–Kier alpha value is -3.75. The van der Waals surface area contributed by atoms with Crippen molar-refractivity contribution in [2.45, 2.75) is 84.1 Å². The van der Waals surface area contributed by atoms with Crippen molar-refractivity contribution in [3.8, 4) is 28.4 Å². The first-order valence-electron chi connectivity index (χ1n) is 16.2. The average molecular weight is 634 g/mol. The maximum Gasteiger partial charge on any atom is 0.494 e. The van der Waals surface area contributed by atoms with E-state index >= 15 is 0 Å². The fraction of sp³-hybridized carbons (Fsp3) is 0.368. The molecule has 0 radical (unpaired) electrons. The van der Waals surface area contributed by atoms with E-state index < -0.39 is 42.9 Å². The highest BCUT2D eigenvalue weighted by molar-refractivity contribution is 6.62. The minimum absolute atomic E-state index is 0.425. The van der Waals surface area contributed by atoms with Crippen LogP contribution in [0, 0.1) is 0 Å². The smallest absolute Gasteiger partial charge is 0.494 e. The first kappa shape index (κ1) is 33.2. The molecule has 0 saturated carbocycles. The molecule has 0 amide bonds. The zero-order valence-corrected chi connectivity index (χ0v) is 28.8. The minimum atomic E-state index is -0.790. The van der Waals surface area contributed by atoms with Crippen LogP contribution in [0.5, 0.6) is 17.2 Å². The molecule has 0 unspecified atom stereocenters. The fourth-order valence-electron chi connectivity index (χ4n) is 5.58. The average Bonchev–Trinajstić information content (AvgIpc) is 3.40. The maximum atomic E-state index is 6.63. The van der Waals surface area contributed by atoms with E-state index in [0.29, 0.717) is 11.5 Å². The molecule has 6 rings (SSSR count). The third-order valence-corrected chi connectivity index (χ3v) is 9.91. The molecule has 0 atom stereocenters. The molecule has 0 spiro atoms. The van der Waals surface area contributed by atoms with Crippen LogP contribution in [0.25, 0.3) is 11.1 Å². The van der Waals surface area contributed by atoms with E-state index in [2.05, 4.69) is 6.07 Å². The van der Waals surface area contributed by atoms with Crippen molar-refractivity contribution in [1.29, 1.82) is 0 Å². The lowest BCUT2D eigenvalue weighted by Gasteiger charge is -2.32. The van der Waals surface area contributed by atoms with Crippen molar-refractivity contribution in [3.63, 3.8) is 0 Å². The van der Waals surface area contributed by atoms with Gasteiger partial charge in [0.1, 0.15) is 17.2 Å². The van der Waals surface area contributed by atoms with Crippen molar-refractivity contribution < 1.29 is 32.8 Å². The Bertz CT molecular complexity index is 1590. The lowest BCUT2D eigenvalue weighted by Crippen LogP contribution is -2.41. The van der Waals surface area contributed by atoms with Crippen LogP contribution in [0.15, 0.2) is 97.1 Å². The van der Waals surface area contributed by atoms with Gasteiger partial charge in [-0.25, -0.2) is 0 Å². The maximum absolute atomic E-state index is 6.63. The van der Waals surface area contributed by atoms with E-state index in [1.165, 1.54) is 0 Å². The number of rotatable bonds is 9. The second-order valence-corrected chi connectivity index (χ2v) is 14.2. The summed E-state index contributed by atoms with van der Waals surface area (Å²) in [5.41, 5.74) is 2.87. The Morgan fingerprint density at radius 1 is 0.489 bits per heavy atom. The molecule has 7 nitrogen and oxygen atoms in total. The van der Waals surface area contributed by atoms with Crippen LogP contribution >= 0.6 is 0 Å². The van der Waals surface area contributed by atoms with Gasteiger partial charge in [0.15, 0.2) is 0 Å². The normalized spacial score (nSPS) is 19.2. The lowest BCUT2D eigenvalue weighted by atomic mass is 9.79. The summed E-state index contributed by atoms with van der Waals surface area (Å²) >= 11 is 0. The molecule has 2 fully saturated rings. The molecule has 9 heteroatoms. The highest BCUT2D eigenvalue weighted by Crippen LogP contribution is 2.39. The predicted molar refractivity (Wildman–Crippen MR) is 187 cm³/mol. The molecule has 244 valence electrons. The second kappa shape index (κ2) is 12.4. The van der Waals surface area contributed by atoms with Crippen molar-refractivity contribution >= 4 is 25.2 Å². The molecular weight excluding hydrogens is 590 g/mol. The Morgan fingerprint density at radius 2 is 0.872 bits per heavy atom. The van der Waals surface area contributed by atoms with Crippen molar-refractivity contribution in [2.24, 2.45) is 0 Å². The molecule has 0 bridgehead atoms. The van der Waals surface area contributed by atoms with E-state index in [1.807, 2.05) is 146 Å². The number of para-hydroxylation sites is 1. The SMILES string of the molecule is COc1ccccc1-c1ccccc1C(Oc1ccc(B2OC(C)(C)C(C)(C)O2)cc1)Oc1ccc(B2OC(C)(C)C(C)(C)O2)cc1. The molecule has 0 aliphatic carbocycles. The number of ether oxygens (including phenoxy) is 3. The summed E-state index contributed by atoms with van der Waals surface area (Å²) in [6.45, 7) is 16.4. The van der Waals surface area contributed by atoms with Crippen LogP contribution in [-0.2, 0) is 18.6 Å². The predicted octanol–water partition coefficient (Wildman–Crippen LogP) is 7.12.